The number of nitrogens with one attached hydrogen (secondary N) is 1. The van der Waals surface area contributed by atoms with Crippen LogP contribution in [0.4, 0.5) is 4.79 Å². The fraction of sp³-hybridized carbons (Fsp3) is 0.391. The van der Waals surface area contributed by atoms with Crippen LogP contribution in [0.25, 0.3) is 0 Å². The summed E-state index contributed by atoms with van der Waals surface area (Å²) < 4.78 is 0. The van der Waals surface area contributed by atoms with E-state index in [-0.39, 0.29) is 12.3 Å². The van der Waals surface area contributed by atoms with Gasteiger partial charge in [0.05, 0.1) is 18.5 Å². The Morgan fingerprint density at radius 3 is 2.47 bits per heavy atom. The second kappa shape index (κ2) is 10.7. The maximum Gasteiger partial charge on any atom is 0.341 e. The van der Waals surface area contributed by atoms with E-state index in [0.717, 1.165) is 11.3 Å². The number of hydroxylamine groups is 2. The molecule has 32 heavy (non-hydrogen) atoms. The van der Waals surface area contributed by atoms with Crippen LogP contribution in [0, 0.1) is 18.3 Å². The first-order valence-corrected chi connectivity index (χ1v) is 10.5. The summed E-state index contributed by atoms with van der Waals surface area (Å²) in [6.45, 7) is 3.90. The van der Waals surface area contributed by atoms with Crippen molar-refractivity contribution >= 4 is 11.9 Å². The predicted octanol–water partition coefficient (Wildman–Crippen LogP) is 2.26. The molecule has 2 unspecified atom stereocenters. The highest BCUT2D eigenvalue weighted by Crippen LogP contribution is 2.26. The van der Waals surface area contributed by atoms with Crippen LogP contribution in [0.2, 0.25) is 0 Å². The van der Waals surface area contributed by atoms with E-state index in [2.05, 4.69) is 16.4 Å². The summed E-state index contributed by atoms with van der Waals surface area (Å²) in [6, 6.07) is 13.2. The zero-order valence-corrected chi connectivity index (χ0v) is 18.3. The lowest BCUT2D eigenvalue weighted by atomic mass is 10.0. The average Bonchev–Trinajstić information content (AvgIpc) is 2.84. The van der Waals surface area contributed by atoms with E-state index in [1.54, 1.807) is 35.4 Å². The van der Waals surface area contributed by atoms with E-state index in [4.69, 9.17) is 0 Å². The smallest absolute Gasteiger partial charge is 0.340 e. The highest BCUT2D eigenvalue weighted by Gasteiger charge is 2.31. The number of urea groups is 1. The highest BCUT2D eigenvalue weighted by molar-refractivity contribution is 5.79. The fourth-order valence-corrected chi connectivity index (χ4v) is 3.93. The highest BCUT2D eigenvalue weighted by atomic mass is 16.5. The third-order valence-electron chi connectivity index (χ3n) is 5.77. The number of hydrogen-bond donors (Lipinski definition) is 2. The molecular weight excluding hydrogens is 408 g/mol. The van der Waals surface area contributed by atoms with Gasteiger partial charge in [-0.05, 0) is 18.6 Å². The summed E-state index contributed by atoms with van der Waals surface area (Å²) in [4.78, 5) is 33.1. The topological polar surface area (TPSA) is 113 Å². The Kier molecular flexibility index (Phi) is 7.76. The zero-order chi connectivity index (χ0) is 23.1. The van der Waals surface area contributed by atoms with Crippen molar-refractivity contribution in [3.8, 4) is 6.07 Å². The molecule has 0 bridgehead atoms. The van der Waals surface area contributed by atoms with Crippen LogP contribution in [-0.4, -0.2) is 70.2 Å². The number of carbonyl (C=O) groups excluding carboxylic acids is 2. The molecule has 9 nitrogen and oxygen atoms in total. The summed E-state index contributed by atoms with van der Waals surface area (Å²) in [7, 11) is 1.42. The minimum atomic E-state index is -0.799. The SMILES string of the molecule is CNC(=O)N(O)C(CC(=O)N1CCN(C(C#N)c2cccnc2C)CC1)c1ccccc1. The van der Waals surface area contributed by atoms with E-state index in [0.29, 0.717) is 36.8 Å². The van der Waals surface area contributed by atoms with Gasteiger partial charge in [-0.25, -0.2) is 4.79 Å². The fourth-order valence-electron chi connectivity index (χ4n) is 3.93. The Morgan fingerprint density at radius 2 is 1.88 bits per heavy atom. The molecule has 1 aromatic heterocycles. The molecule has 0 radical (unpaired) electrons. The molecular formula is C23H28N6O3. The third-order valence-corrected chi connectivity index (χ3v) is 5.77. The van der Waals surface area contributed by atoms with Gasteiger partial charge in [0.2, 0.25) is 5.91 Å². The van der Waals surface area contributed by atoms with Crippen LogP contribution in [0.5, 0.6) is 0 Å². The minimum absolute atomic E-state index is 0.0443. The molecule has 2 heterocycles. The predicted molar refractivity (Wildman–Crippen MR) is 117 cm³/mol. The first kappa shape index (κ1) is 23.2. The number of amides is 3. The van der Waals surface area contributed by atoms with Gasteiger partial charge in [-0.15, -0.1) is 0 Å². The number of nitrogens with zero attached hydrogens (tertiary/aromatic N) is 5. The summed E-state index contributed by atoms with van der Waals surface area (Å²) in [6.07, 6.45) is 1.66. The molecule has 168 valence electrons. The molecule has 2 atom stereocenters. The van der Waals surface area contributed by atoms with Crippen molar-refractivity contribution in [3.05, 3.63) is 65.5 Å². The van der Waals surface area contributed by atoms with Crippen molar-refractivity contribution in [2.75, 3.05) is 33.2 Å². The molecule has 3 amide bonds. The summed E-state index contributed by atoms with van der Waals surface area (Å²) in [5.41, 5.74) is 2.36. The van der Waals surface area contributed by atoms with Gasteiger partial charge >= 0.3 is 6.03 Å². The molecule has 0 aliphatic carbocycles. The quantitative estimate of drug-likeness (QED) is 0.531. The second-order valence-corrected chi connectivity index (χ2v) is 7.66. The van der Waals surface area contributed by atoms with Crippen molar-refractivity contribution in [2.24, 2.45) is 0 Å². The third kappa shape index (κ3) is 5.22. The van der Waals surface area contributed by atoms with Crippen molar-refractivity contribution in [2.45, 2.75) is 25.4 Å². The van der Waals surface area contributed by atoms with Gasteiger partial charge in [0.1, 0.15) is 6.04 Å². The number of aromatic nitrogens is 1. The van der Waals surface area contributed by atoms with Gasteiger partial charge < -0.3 is 10.2 Å². The van der Waals surface area contributed by atoms with Gasteiger partial charge in [0, 0.05) is 50.7 Å². The zero-order valence-electron chi connectivity index (χ0n) is 18.3. The molecule has 9 heteroatoms. The Morgan fingerprint density at radius 1 is 1.19 bits per heavy atom. The Bertz CT molecular complexity index is 969. The van der Waals surface area contributed by atoms with Crippen LogP contribution >= 0.6 is 0 Å². The molecule has 1 saturated heterocycles. The molecule has 3 rings (SSSR count). The number of rotatable bonds is 6. The van der Waals surface area contributed by atoms with E-state index in [1.807, 2.05) is 30.0 Å². The van der Waals surface area contributed by atoms with Gasteiger partial charge in [-0.1, -0.05) is 36.4 Å². The van der Waals surface area contributed by atoms with E-state index in [1.165, 1.54) is 7.05 Å². The largest absolute Gasteiger partial charge is 0.341 e. The Hall–Kier alpha value is -3.48. The normalized spacial score (nSPS) is 16.0. The van der Waals surface area contributed by atoms with Crippen LogP contribution in [-0.2, 0) is 4.79 Å². The monoisotopic (exact) mass is 436 g/mol. The van der Waals surface area contributed by atoms with Gasteiger partial charge in [-0.2, -0.15) is 10.3 Å². The van der Waals surface area contributed by atoms with Crippen molar-refractivity contribution < 1.29 is 14.8 Å². The van der Waals surface area contributed by atoms with Gasteiger partial charge in [-0.3, -0.25) is 19.9 Å². The average molecular weight is 437 g/mol. The molecule has 1 aliphatic heterocycles. The van der Waals surface area contributed by atoms with Crippen LogP contribution in [0.3, 0.4) is 0 Å². The van der Waals surface area contributed by atoms with Crippen molar-refractivity contribution in [1.82, 2.24) is 25.2 Å². The molecule has 2 N–H and O–H groups in total. The summed E-state index contributed by atoms with van der Waals surface area (Å²) in [5, 5.41) is 23.1. The number of piperazine rings is 1. The number of nitriles is 1. The summed E-state index contributed by atoms with van der Waals surface area (Å²) >= 11 is 0. The maximum atomic E-state index is 13.0. The van der Waals surface area contributed by atoms with Gasteiger partial charge in [0.25, 0.3) is 0 Å². The molecule has 1 aromatic carbocycles. The summed E-state index contributed by atoms with van der Waals surface area (Å²) in [5.74, 6) is -0.160. The number of pyridine rings is 1. The molecule has 2 aromatic rings. The standard InChI is InChI=1S/C23H28N6O3/c1-17-19(9-6-10-26-17)21(16-24)27-11-13-28(14-12-27)22(30)15-20(29(32)23(31)25-2)18-7-4-3-5-8-18/h3-10,20-21,32H,11-15H2,1-2H3,(H,25,31). The number of benzene rings is 1. The van der Waals surface area contributed by atoms with Crippen molar-refractivity contribution in [1.29, 1.82) is 5.26 Å². The number of carbonyl (C=O) groups is 2. The van der Waals surface area contributed by atoms with Crippen LogP contribution < -0.4 is 5.32 Å². The lowest BCUT2D eigenvalue weighted by molar-refractivity contribution is -0.139. The van der Waals surface area contributed by atoms with E-state index in [9.17, 15) is 20.1 Å². The van der Waals surface area contributed by atoms with Crippen molar-refractivity contribution in [3.63, 3.8) is 0 Å². The van der Waals surface area contributed by atoms with Crippen LogP contribution in [0.1, 0.15) is 35.3 Å². The molecule has 0 saturated carbocycles. The van der Waals surface area contributed by atoms with Crippen LogP contribution in [0.15, 0.2) is 48.7 Å². The Labute approximate surface area is 187 Å². The second-order valence-electron chi connectivity index (χ2n) is 7.66. The van der Waals surface area contributed by atoms with E-state index >= 15 is 0 Å². The van der Waals surface area contributed by atoms with Gasteiger partial charge in [0.15, 0.2) is 0 Å². The lowest BCUT2D eigenvalue weighted by Gasteiger charge is -2.38. The minimum Gasteiger partial charge on any atom is -0.340 e. The lowest BCUT2D eigenvalue weighted by Crippen LogP contribution is -2.50. The first-order valence-electron chi connectivity index (χ1n) is 10.5. The molecule has 1 aliphatic rings. The first-order chi connectivity index (χ1) is 15.5. The molecule has 1 fully saturated rings. The maximum absolute atomic E-state index is 13.0. The molecule has 0 spiro atoms. The van der Waals surface area contributed by atoms with E-state index < -0.39 is 18.1 Å². The Balaban J connectivity index is 1.66. The number of hydrogen-bond acceptors (Lipinski definition) is 6. The number of aryl methyl sites for hydroxylation is 1.